The number of hydrogen-bond donors (Lipinski definition) is 0. The minimum atomic E-state index is -1.06. The molecule has 1 aliphatic rings. The third kappa shape index (κ3) is 3.91. The van der Waals surface area contributed by atoms with Crippen LogP contribution < -0.4 is 4.74 Å². The molecule has 0 saturated carbocycles. The van der Waals surface area contributed by atoms with Gasteiger partial charge in [0.05, 0.1) is 7.11 Å². The first kappa shape index (κ1) is 20.7. The number of ether oxygens (including phenoxy) is 2. The second kappa shape index (κ2) is 8.26. The highest BCUT2D eigenvalue weighted by atomic mass is 16.6. The van der Waals surface area contributed by atoms with Crippen molar-refractivity contribution in [2.24, 2.45) is 0 Å². The van der Waals surface area contributed by atoms with Gasteiger partial charge in [-0.25, -0.2) is 4.79 Å². The molecule has 5 nitrogen and oxygen atoms in total. The summed E-state index contributed by atoms with van der Waals surface area (Å²) < 4.78 is 11.1. The van der Waals surface area contributed by atoms with Crippen molar-refractivity contribution in [2.45, 2.75) is 32.0 Å². The molecule has 1 atom stereocenters. The maximum absolute atomic E-state index is 13.8. The molecule has 158 valence electrons. The average molecular weight is 415 g/mol. The van der Waals surface area contributed by atoms with Crippen molar-refractivity contribution in [1.29, 1.82) is 0 Å². The zero-order valence-electron chi connectivity index (χ0n) is 17.9. The van der Waals surface area contributed by atoms with E-state index < -0.39 is 17.7 Å². The number of para-hydroxylation sites is 1. The minimum absolute atomic E-state index is 0.241. The van der Waals surface area contributed by atoms with Crippen LogP contribution in [0.1, 0.15) is 29.8 Å². The van der Waals surface area contributed by atoms with Crippen molar-refractivity contribution in [3.05, 3.63) is 90.0 Å². The number of methoxy groups -OCH3 is 1. The number of hydrogen-bond acceptors (Lipinski definition) is 4. The maximum Gasteiger partial charge on any atom is 0.331 e. The van der Waals surface area contributed by atoms with Gasteiger partial charge in [0.2, 0.25) is 0 Å². The van der Waals surface area contributed by atoms with Gasteiger partial charge in [0.1, 0.15) is 11.8 Å². The first-order chi connectivity index (χ1) is 14.9. The van der Waals surface area contributed by atoms with Crippen LogP contribution >= 0.6 is 0 Å². The standard InChI is InChI=1S/C26H25NO4/c1-26(2)27(22(25(29)31-26)17-19-13-7-10-16-23(19)30-3)24(28)21-15-9-8-14-20(21)18-11-5-4-6-12-18/h4-16,22H,17H2,1-3H3/t22-/m1/s1. The van der Waals surface area contributed by atoms with Crippen LogP contribution in [0.25, 0.3) is 11.1 Å². The number of cyclic esters (lactones) is 1. The summed E-state index contributed by atoms with van der Waals surface area (Å²) in [5.41, 5.74) is 2.07. The van der Waals surface area contributed by atoms with Gasteiger partial charge in [-0.3, -0.25) is 9.69 Å². The molecule has 3 aromatic carbocycles. The van der Waals surface area contributed by atoms with E-state index in [0.717, 1.165) is 16.7 Å². The van der Waals surface area contributed by atoms with Crippen LogP contribution in [0.15, 0.2) is 78.9 Å². The van der Waals surface area contributed by atoms with Gasteiger partial charge < -0.3 is 9.47 Å². The number of benzene rings is 3. The minimum Gasteiger partial charge on any atom is -0.496 e. The normalized spacial score (nSPS) is 17.3. The lowest BCUT2D eigenvalue weighted by Gasteiger charge is -2.32. The monoisotopic (exact) mass is 415 g/mol. The molecule has 0 N–H and O–H groups in total. The molecule has 31 heavy (non-hydrogen) atoms. The summed E-state index contributed by atoms with van der Waals surface area (Å²) in [5.74, 6) is 0.0220. The van der Waals surface area contributed by atoms with Crippen LogP contribution in [0, 0.1) is 0 Å². The summed E-state index contributed by atoms with van der Waals surface area (Å²) in [7, 11) is 1.59. The molecule has 0 aromatic heterocycles. The molecule has 0 radical (unpaired) electrons. The molecule has 0 aliphatic carbocycles. The average Bonchev–Trinajstić information content (AvgIpc) is 3.01. The summed E-state index contributed by atoms with van der Waals surface area (Å²) in [6, 6.07) is 24.0. The van der Waals surface area contributed by atoms with Crippen LogP contribution in [0.2, 0.25) is 0 Å². The largest absolute Gasteiger partial charge is 0.496 e. The van der Waals surface area contributed by atoms with E-state index in [1.165, 1.54) is 0 Å². The Balaban J connectivity index is 1.74. The Hall–Kier alpha value is -3.60. The number of nitrogens with zero attached hydrogens (tertiary/aromatic N) is 1. The molecule has 0 spiro atoms. The first-order valence-corrected chi connectivity index (χ1v) is 10.3. The lowest BCUT2D eigenvalue weighted by atomic mass is 9.97. The lowest BCUT2D eigenvalue weighted by molar-refractivity contribution is -0.148. The highest BCUT2D eigenvalue weighted by Crippen LogP contribution is 2.35. The summed E-state index contributed by atoms with van der Waals surface area (Å²) in [5, 5.41) is 0. The van der Waals surface area contributed by atoms with Gasteiger partial charge in [0.25, 0.3) is 5.91 Å². The Bertz CT molecular complexity index is 1110. The molecule has 5 heteroatoms. The Morgan fingerprint density at radius 3 is 2.35 bits per heavy atom. The summed E-state index contributed by atoms with van der Waals surface area (Å²) >= 11 is 0. The predicted molar refractivity (Wildman–Crippen MR) is 119 cm³/mol. The van der Waals surface area contributed by atoms with Crippen molar-refractivity contribution in [1.82, 2.24) is 4.90 Å². The summed E-state index contributed by atoms with van der Waals surface area (Å²) in [6.45, 7) is 3.49. The SMILES string of the molecule is COc1ccccc1C[C@@H]1C(=O)OC(C)(C)N1C(=O)c1ccccc1-c1ccccc1. The molecule has 3 aromatic rings. The van der Waals surface area contributed by atoms with Crippen LogP contribution in [-0.4, -0.2) is 35.7 Å². The fourth-order valence-electron chi connectivity index (χ4n) is 4.15. The fraction of sp³-hybridized carbons (Fsp3) is 0.231. The van der Waals surface area contributed by atoms with Gasteiger partial charge in [0, 0.05) is 12.0 Å². The van der Waals surface area contributed by atoms with E-state index in [2.05, 4.69) is 0 Å². The van der Waals surface area contributed by atoms with E-state index in [1.54, 1.807) is 31.9 Å². The molecule has 1 fully saturated rings. The van der Waals surface area contributed by atoms with Gasteiger partial charge >= 0.3 is 5.97 Å². The lowest BCUT2D eigenvalue weighted by Crippen LogP contribution is -2.49. The van der Waals surface area contributed by atoms with Crippen molar-refractivity contribution in [3.8, 4) is 16.9 Å². The number of esters is 1. The van der Waals surface area contributed by atoms with E-state index in [4.69, 9.17) is 9.47 Å². The molecular weight excluding hydrogens is 390 g/mol. The quantitative estimate of drug-likeness (QED) is 0.567. The molecule has 1 aliphatic heterocycles. The molecule has 0 bridgehead atoms. The number of carbonyl (C=O) groups excluding carboxylic acids is 2. The maximum atomic E-state index is 13.8. The number of rotatable bonds is 5. The van der Waals surface area contributed by atoms with E-state index in [-0.39, 0.29) is 5.91 Å². The van der Waals surface area contributed by atoms with Crippen molar-refractivity contribution < 1.29 is 19.1 Å². The number of carbonyl (C=O) groups is 2. The smallest absolute Gasteiger partial charge is 0.331 e. The third-order valence-electron chi connectivity index (χ3n) is 5.58. The highest BCUT2D eigenvalue weighted by Gasteiger charge is 2.50. The Morgan fingerprint density at radius 1 is 0.968 bits per heavy atom. The molecule has 1 amide bonds. The molecule has 0 unspecified atom stereocenters. The number of amides is 1. The van der Waals surface area contributed by atoms with Gasteiger partial charge in [0.15, 0.2) is 5.72 Å². The van der Waals surface area contributed by atoms with E-state index in [9.17, 15) is 9.59 Å². The Kier molecular flexibility index (Phi) is 5.51. The van der Waals surface area contributed by atoms with Crippen LogP contribution in [-0.2, 0) is 16.0 Å². The van der Waals surface area contributed by atoms with Gasteiger partial charge in [-0.1, -0.05) is 66.7 Å². The van der Waals surface area contributed by atoms with Gasteiger partial charge in [-0.05, 0) is 42.7 Å². The predicted octanol–water partition coefficient (Wildman–Crippen LogP) is 4.71. The highest BCUT2D eigenvalue weighted by molar-refractivity contribution is 6.03. The van der Waals surface area contributed by atoms with Crippen LogP contribution in [0.3, 0.4) is 0 Å². The first-order valence-electron chi connectivity index (χ1n) is 10.3. The van der Waals surface area contributed by atoms with E-state index in [1.807, 2.05) is 72.8 Å². The summed E-state index contributed by atoms with van der Waals surface area (Å²) in [6.07, 6.45) is 0.311. The van der Waals surface area contributed by atoms with E-state index in [0.29, 0.717) is 17.7 Å². The molecular formula is C26H25NO4. The second-order valence-electron chi connectivity index (χ2n) is 7.99. The Morgan fingerprint density at radius 2 is 1.61 bits per heavy atom. The molecule has 4 rings (SSSR count). The van der Waals surface area contributed by atoms with Gasteiger partial charge in [-0.15, -0.1) is 0 Å². The van der Waals surface area contributed by atoms with E-state index >= 15 is 0 Å². The second-order valence-corrected chi connectivity index (χ2v) is 7.99. The molecule has 1 saturated heterocycles. The van der Waals surface area contributed by atoms with Gasteiger partial charge in [-0.2, -0.15) is 0 Å². The molecule has 1 heterocycles. The van der Waals surface area contributed by atoms with Crippen molar-refractivity contribution in [3.63, 3.8) is 0 Å². The van der Waals surface area contributed by atoms with Crippen LogP contribution in [0.5, 0.6) is 5.75 Å². The zero-order chi connectivity index (χ0) is 22.0. The third-order valence-corrected chi connectivity index (χ3v) is 5.58. The topological polar surface area (TPSA) is 55.8 Å². The van der Waals surface area contributed by atoms with Crippen molar-refractivity contribution in [2.75, 3.05) is 7.11 Å². The van der Waals surface area contributed by atoms with Crippen molar-refractivity contribution >= 4 is 11.9 Å². The summed E-state index contributed by atoms with van der Waals surface area (Å²) in [4.78, 5) is 28.2. The Labute approximate surface area is 182 Å². The zero-order valence-corrected chi connectivity index (χ0v) is 17.9. The fourth-order valence-corrected chi connectivity index (χ4v) is 4.15. The van der Waals surface area contributed by atoms with Crippen LogP contribution in [0.4, 0.5) is 0 Å².